The predicted octanol–water partition coefficient (Wildman–Crippen LogP) is 1.84. The SMILES string of the molecule is CC(C)(C)OC(=O)N1CCC[C@@H]1C(=O)N1CCC[C@H](n2cncn2)C1. The second-order valence-electron chi connectivity index (χ2n) is 7.79. The summed E-state index contributed by atoms with van der Waals surface area (Å²) in [7, 11) is 0. The molecule has 2 amide bonds. The average Bonchev–Trinajstić information content (AvgIpc) is 3.24. The fraction of sp³-hybridized carbons (Fsp3) is 0.765. The fourth-order valence-corrected chi connectivity index (χ4v) is 3.55. The van der Waals surface area contributed by atoms with Crippen molar-refractivity contribution in [2.75, 3.05) is 19.6 Å². The van der Waals surface area contributed by atoms with E-state index in [9.17, 15) is 9.59 Å². The molecule has 0 spiro atoms. The highest BCUT2D eigenvalue weighted by Gasteiger charge is 2.39. The molecule has 1 aromatic heterocycles. The molecule has 2 fully saturated rings. The molecule has 25 heavy (non-hydrogen) atoms. The molecule has 3 heterocycles. The summed E-state index contributed by atoms with van der Waals surface area (Å²) in [5.74, 6) is 0.0215. The first-order valence-electron chi connectivity index (χ1n) is 8.98. The maximum Gasteiger partial charge on any atom is 0.410 e. The van der Waals surface area contributed by atoms with Gasteiger partial charge in [-0.15, -0.1) is 0 Å². The van der Waals surface area contributed by atoms with Gasteiger partial charge in [-0.3, -0.25) is 9.69 Å². The summed E-state index contributed by atoms with van der Waals surface area (Å²) >= 11 is 0. The van der Waals surface area contributed by atoms with Gasteiger partial charge in [0.05, 0.1) is 6.04 Å². The topological polar surface area (TPSA) is 80.6 Å². The molecule has 2 aliphatic rings. The number of piperidine rings is 1. The number of rotatable bonds is 2. The second-order valence-corrected chi connectivity index (χ2v) is 7.79. The van der Waals surface area contributed by atoms with Crippen LogP contribution in [0.5, 0.6) is 0 Å². The quantitative estimate of drug-likeness (QED) is 0.814. The Morgan fingerprint density at radius 1 is 1.16 bits per heavy atom. The summed E-state index contributed by atoms with van der Waals surface area (Å²) in [6.45, 7) is 7.43. The number of hydrogen-bond acceptors (Lipinski definition) is 5. The van der Waals surface area contributed by atoms with Crippen LogP contribution in [0.4, 0.5) is 4.79 Å². The maximum atomic E-state index is 13.0. The van der Waals surface area contributed by atoms with Gasteiger partial charge in [0.1, 0.15) is 24.3 Å². The molecular formula is C17H27N5O3. The Morgan fingerprint density at radius 2 is 1.92 bits per heavy atom. The van der Waals surface area contributed by atoms with Crippen molar-refractivity contribution in [3.63, 3.8) is 0 Å². The lowest BCUT2D eigenvalue weighted by molar-refractivity contribution is -0.137. The van der Waals surface area contributed by atoms with Crippen LogP contribution in [0.15, 0.2) is 12.7 Å². The van der Waals surface area contributed by atoms with E-state index >= 15 is 0 Å². The first-order valence-corrected chi connectivity index (χ1v) is 8.98. The smallest absolute Gasteiger partial charge is 0.410 e. The highest BCUT2D eigenvalue weighted by atomic mass is 16.6. The van der Waals surface area contributed by atoms with Gasteiger partial charge in [-0.1, -0.05) is 0 Å². The van der Waals surface area contributed by atoms with Crippen molar-refractivity contribution in [2.45, 2.75) is 64.1 Å². The van der Waals surface area contributed by atoms with Gasteiger partial charge >= 0.3 is 6.09 Å². The molecule has 0 saturated carbocycles. The predicted molar refractivity (Wildman–Crippen MR) is 90.8 cm³/mol. The van der Waals surface area contributed by atoms with Gasteiger partial charge < -0.3 is 9.64 Å². The van der Waals surface area contributed by atoms with E-state index in [2.05, 4.69) is 10.1 Å². The van der Waals surface area contributed by atoms with Crippen LogP contribution in [0, 0.1) is 0 Å². The molecule has 0 unspecified atom stereocenters. The molecule has 3 rings (SSSR count). The van der Waals surface area contributed by atoms with Crippen LogP contribution >= 0.6 is 0 Å². The third-order valence-electron chi connectivity index (χ3n) is 4.68. The van der Waals surface area contributed by atoms with Crippen molar-refractivity contribution in [3.05, 3.63) is 12.7 Å². The Labute approximate surface area is 148 Å². The van der Waals surface area contributed by atoms with Gasteiger partial charge in [-0.25, -0.2) is 14.5 Å². The molecule has 8 heteroatoms. The van der Waals surface area contributed by atoms with Gasteiger partial charge in [-0.05, 0) is 46.5 Å². The van der Waals surface area contributed by atoms with E-state index in [1.54, 1.807) is 11.2 Å². The molecule has 2 atom stereocenters. The van der Waals surface area contributed by atoms with E-state index in [-0.39, 0.29) is 11.9 Å². The summed E-state index contributed by atoms with van der Waals surface area (Å²) in [4.78, 5) is 32.9. The number of hydrogen-bond donors (Lipinski definition) is 0. The van der Waals surface area contributed by atoms with Crippen LogP contribution in [-0.2, 0) is 9.53 Å². The summed E-state index contributed by atoms with van der Waals surface area (Å²) in [6, 6.07) is -0.263. The third-order valence-corrected chi connectivity index (χ3v) is 4.68. The third kappa shape index (κ3) is 4.11. The number of likely N-dealkylation sites (tertiary alicyclic amines) is 2. The molecule has 0 bridgehead atoms. The van der Waals surface area contributed by atoms with Gasteiger partial charge in [0.2, 0.25) is 5.91 Å². The van der Waals surface area contributed by atoms with E-state index in [1.807, 2.05) is 30.4 Å². The van der Waals surface area contributed by atoms with Crippen molar-refractivity contribution < 1.29 is 14.3 Å². The minimum Gasteiger partial charge on any atom is -0.444 e. The minimum absolute atomic E-state index is 0.0215. The van der Waals surface area contributed by atoms with E-state index in [0.717, 1.165) is 25.8 Å². The van der Waals surface area contributed by atoms with Crippen molar-refractivity contribution in [3.8, 4) is 0 Å². The summed E-state index contributed by atoms with van der Waals surface area (Å²) < 4.78 is 7.28. The Bertz CT molecular complexity index is 610. The number of aromatic nitrogens is 3. The summed E-state index contributed by atoms with van der Waals surface area (Å²) in [5, 5.41) is 4.20. The van der Waals surface area contributed by atoms with Gasteiger partial charge in [-0.2, -0.15) is 5.10 Å². The Balaban J connectivity index is 1.65. The maximum absolute atomic E-state index is 13.0. The molecule has 138 valence electrons. The van der Waals surface area contributed by atoms with Crippen molar-refractivity contribution in [2.24, 2.45) is 0 Å². The first-order chi connectivity index (χ1) is 11.8. The van der Waals surface area contributed by atoms with Gasteiger partial charge in [0, 0.05) is 19.6 Å². The van der Waals surface area contributed by atoms with Crippen molar-refractivity contribution in [1.82, 2.24) is 24.6 Å². The van der Waals surface area contributed by atoms with Gasteiger partial charge in [0.15, 0.2) is 0 Å². The molecule has 0 N–H and O–H groups in total. The Kier molecular flexibility index (Phi) is 4.96. The number of carbonyl (C=O) groups is 2. The van der Waals surface area contributed by atoms with E-state index < -0.39 is 17.7 Å². The number of nitrogens with zero attached hydrogens (tertiary/aromatic N) is 5. The van der Waals surface area contributed by atoms with Crippen molar-refractivity contribution >= 4 is 12.0 Å². The average molecular weight is 349 g/mol. The molecular weight excluding hydrogens is 322 g/mol. The van der Waals surface area contributed by atoms with E-state index in [0.29, 0.717) is 19.5 Å². The molecule has 1 aromatic rings. The lowest BCUT2D eigenvalue weighted by Gasteiger charge is -2.36. The minimum atomic E-state index is -0.559. The second kappa shape index (κ2) is 7.01. The summed E-state index contributed by atoms with van der Waals surface area (Å²) in [6.07, 6.45) is 6.25. The highest BCUT2D eigenvalue weighted by Crippen LogP contribution is 2.26. The fourth-order valence-electron chi connectivity index (χ4n) is 3.55. The van der Waals surface area contributed by atoms with Crippen molar-refractivity contribution in [1.29, 1.82) is 0 Å². The van der Waals surface area contributed by atoms with Crippen LogP contribution < -0.4 is 0 Å². The first kappa shape index (κ1) is 17.7. The zero-order valence-electron chi connectivity index (χ0n) is 15.2. The monoisotopic (exact) mass is 349 g/mol. The molecule has 0 radical (unpaired) electrons. The van der Waals surface area contributed by atoms with Crippen LogP contribution in [-0.4, -0.2) is 67.8 Å². The van der Waals surface area contributed by atoms with Crippen LogP contribution in [0.2, 0.25) is 0 Å². The number of ether oxygens (including phenoxy) is 1. The summed E-state index contributed by atoms with van der Waals surface area (Å²) in [5.41, 5.74) is -0.559. The highest BCUT2D eigenvalue weighted by molar-refractivity contribution is 5.86. The van der Waals surface area contributed by atoms with Crippen LogP contribution in [0.1, 0.15) is 52.5 Å². The molecule has 0 aliphatic carbocycles. The molecule has 0 aromatic carbocycles. The zero-order chi connectivity index (χ0) is 18.0. The number of amides is 2. The number of carbonyl (C=O) groups excluding carboxylic acids is 2. The molecule has 2 aliphatic heterocycles. The standard InChI is InChI=1S/C17H27N5O3/c1-17(2,3)25-16(24)21-9-5-7-14(21)15(23)20-8-4-6-13(10-20)22-12-18-11-19-22/h11-14H,4-10H2,1-3H3/t13-,14+/m0/s1. The van der Waals surface area contributed by atoms with E-state index in [1.165, 1.54) is 6.33 Å². The van der Waals surface area contributed by atoms with E-state index in [4.69, 9.17) is 4.74 Å². The Morgan fingerprint density at radius 3 is 2.60 bits per heavy atom. The molecule has 8 nitrogen and oxygen atoms in total. The lowest BCUT2D eigenvalue weighted by Crippen LogP contribution is -2.51. The van der Waals surface area contributed by atoms with Crippen LogP contribution in [0.25, 0.3) is 0 Å². The largest absolute Gasteiger partial charge is 0.444 e. The molecule has 2 saturated heterocycles. The zero-order valence-corrected chi connectivity index (χ0v) is 15.2. The normalized spacial score (nSPS) is 24.4. The lowest BCUT2D eigenvalue weighted by atomic mass is 10.0. The Hall–Kier alpha value is -2.12. The van der Waals surface area contributed by atoms with Crippen LogP contribution in [0.3, 0.4) is 0 Å². The van der Waals surface area contributed by atoms with Gasteiger partial charge in [0.25, 0.3) is 0 Å².